The van der Waals surface area contributed by atoms with Gasteiger partial charge in [-0.1, -0.05) is 29.4 Å². The number of carbonyl (C=O) groups excluding carboxylic acids is 1. The molecule has 0 radical (unpaired) electrons. The summed E-state index contributed by atoms with van der Waals surface area (Å²) in [4.78, 5) is 17.3. The maximum atomic E-state index is 13.1. The molecule has 2 aliphatic rings. The van der Waals surface area contributed by atoms with E-state index in [1.807, 2.05) is 20.0 Å². The molecular formula is C20H25N3O2. The summed E-state index contributed by atoms with van der Waals surface area (Å²) >= 11 is 0. The molecule has 2 heterocycles. The predicted molar refractivity (Wildman–Crippen MR) is 94.9 cm³/mol. The van der Waals surface area contributed by atoms with E-state index in [9.17, 15) is 4.79 Å². The van der Waals surface area contributed by atoms with Crippen molar-refractivity contribution in [3.05, 3.63) is 52.9 Å². The fourth-order valence-corrected chi connectivity index (χ4v) is 4.32. The number of aromatic nitrogens is 1. The number of amides is 1. The molecule has 25 heavy (non-hydrogen) atoms. The largest absolute Gasteiger partial charge is 0.361 e. The molecule has 1 aliphatic heterocycles. The monoisotopic (exact) mass is 339 g/mol. The highest BCUT2D eigenvalue weighted by atomic mass is 16.5. The second kappa shape index (κ2) is 6.64. The van der Waals surface area contributed by atoms with Crippen molar-refractivity contribution in [2.45, 2.75) is 51.2 Å². The quantitative estimate of drug-likeness (QED) is 0.859. The minimum Gasteiger partial charge on any atom is -0.361 e. The first-order valence-electron chi connectivity index (χ1n) is 9.14. The molecule has 2 unspecified atom stereocenters. The number of rotatable bonds is 4. The van der Waals surface area contributed by atoms with Gasteiger partial charge in [-0.05, 0) is 50.8 Å². The van der Waals surface area contributed by atoms with Crippen LogP contribution in [-0.2, 0) is 17.8 Å². The lowest BCUT2D eigenvalue weighted by Crippen LogP contribution is -2.41. The number of fused-ring (bicyclic) bond motifs is 1. The number of hydrogen-bond donors (Lipinski definition) is 0. The SMILES string of the molecule is Cc1cc(CN(C)C2CCN(C3CCCc4ccccc43)C2=O)no1. The zero-order valence-corrected chi connectivity index (χ0v) is 14.9. The van der Waals surface area contributed by atoms with Gasteiger partial charge >= 0.3 is 0 Å². The van der Waals surface area contributed by atoms with E-state index in [-0.39, 0.29) is 18.0 Å². The number of nitrogens with zero attached hydrogens (tertiary/aromatic N) is 3. The summed E-state index contributed by atoms with van der Waals surface area (Å²) < 4.78 is 5.14. The van der Waals surface area contributed by atoms with Crippen molar-refractivity contribution >= 4 is 5.91 Å². The van der Waals surface area contributed by atoms with E-state index < -0.39 is 0 Å². The molecule has 5 nitrogen and oxygen atoms in total. The van der Waals surface area contributed by atoms with Crippen LogP contribution >= 0.6 is 0 Å². The van der Waals surface area contributed by atoms with Crippen molar-refractivity contribution in [2.75, 3.05) is 13.6 Å². The van der Waals surface area contributed by atoms with Gasteiger partial charge in [-0.2, -0.15) is 0 Å². The molecule has 0 saturated carbocycles. The number of likely N-dealkylation sites (tertiary alicyclic amines) is 1. The first kappa shape index (κ1) is 16.3. The summed E-state index contributed by atoms with van der Waals surface area (Å²) in [6, 6.07) is 10.7. The van der Waals surface area contributed by atoms with Gasteiger partial charge in [-0.3, -0.25) is 9.69 Å². The molecule has 5 heteroatoms. The number of hydrogen-bond acceptors (Lipinski definition) is 4. The summed E-state index contributed by atoms with van der Waals surface area (Å²) in [5.41, 5.74) is 3.63. The Bertz CT molecular complexity index is 770. The third kappa shape index (κ3) is 3.09. The van der Waals surface area contributed by atoms with Crippen molar-refractivity contribution in [2.24, 2.45) is 0 Å². The van der Waals surface area contributed by atoms with Crippen molar-refractivity contribution < 1.29 is 9.32 Å². The molecule has 1 saturated heterocycles. The Morgan fingerprint density at radius 1 is 1.32 bits per heavy atom. The molecule has 1 aromatic heterocycles. The summed E-state index contributed by atoms with van der Waals surface area (Å²) in [7, 11) is 2.00. The van der Waals surface area contributed by atoms with Gasteiger partial charge in [0.25, 0.3) is 0 Å². The van der Waals surface area contributed by atoms with Crippen LogP contribution in [0.1, 0.15) is 47.9 Å². The van der Waals surface area contributed by atoms with Gasteiger partial charge in [0.05, 0.1) is 17.8 Å². The van der Waals surface area contributed by atoms with Gasteiger partial charge < -0.3 is 9.42 Å². The lowest BCUT2D eigenvalue weighted by atomic mass is 9.87. The highest BCUT2D eigenvalue weighted by Gasteiger charge is 2.39. The van der Waals surface area contributed by atoms with Gasteiger partial charge in [0.15, 0.2) is 0 Å². The van der Waals surface area contributed by atoms with Crippen LogP contribution in [0.25, 0.3) is 0 Å². The molecule has 132 valence electrons. The van der Waals surface area contributed by atoms with Crippen molar-refractivity contribution in [3.63, 3.8) is 0 Å². The van der Waals surface area contributed by atoms with Crippen molar-refractivity contribution in [1.29, 1.82) is 0 Å². The minimum absolute atomic E-state index is 0.0638. The van der Waals surface area contributed by atoms with Crippen LogP contribution < -0.4 is 0 Å². The highest BCUT2D eigenvalue weighted by molar-refractivity contribution is 5.84. The maximum absolute atomic E-state index is 13.1. The van der Waals surface area contributed by atoms with Crippen LogP contribution in [0.15, 0.2) is 34.9 Å². The third-order valence-corrected chi connectivity index (χ3v) is 5.55. The first-order chi connectivity index (χ1) is 12.1. The lowest BCUT2D eigenvalue weighted by molar-refractivity contribution is -0.134. The average molecular weight is 339 g/mol. The van der Waals surface area contributed by atoms with Gasteiger partial charge in [0, 0.05) is 19.2 Å². The summed E-state index contributed by atoms with van der Waals surface area (Å²) in [6.45, 7) is 3.37. The molecule has 2 atom stereocenters. The van der Waals surface area contributed by atoms with Crippen LogP contribution in [0.2, 0.25) is 0 Å². The molecule has 1 fully saturated rings. The zero-order chi connectivity index (χ0) is 17.4. The van der Waals surface area contributed by atoms with E-state index in [2.05, 4.69) is 39.2 Å². The zero-order valence-electron chi connectivity index (χ0n) is 14.9. The minimum atomic E-state index is -0.0638. The van der Waals surface area contributed by atoms with E-state index in [0.29, 0.717) is 6.54 Å². The number of aryl methyl sites for hydroxylation is 2. The Morgan fingerprint density at radius 2 is 2.16 bits per heavy atom. The van der Waals surface area contributed by atoms with Crippen LogP contribution in [0.3, 0.4) is 0 Å². The molecule has 0 bridgehead atoms. The second-order valence-corrected chi connectivity index (χ2v) is 7.29. The lowest BCUT2D eigenvalue weighted by Gasteiger charge is -2.34. The standard InChI is InChI=1S/C20H25N3O2/c1-14-12-16(21-25-14)13-22(2)19-10-11-23(20(19)24)18-9-5-7-15-6-3-4-8-17(15)18/h3-4,6,8,12,18-19H,5,7,9-11,13H2,1-2H3. The van der Waals surface area contributed by atoms with Crippen molar-refractivity contribution in [3.8, 4) is 0 Å². The molecule has 0 spiro atoms. The summed E-state index contributed by atoms with van der Waals surface area (Å²) in [6.07, 6.45) is 4.24. The highest BCUT2D eigenvalue weighted by Crippen LogP contribution is 2.37. The summed E-state index contributed by atoms with van der Waals surface area (Å²) in [5.74, 6) is 1.06. The molecular weight excluding hydrogens is 314 g/mol. The van der Waals surface area contributed by atoms with E-state index in [4.69, 9.17) is 4.52 Å². The van der Waals surface area contributed by atoms with Crippen LogP contribution in [0, 0.1) is 6.92 Å². The van der Waals surface area contributed by atoms with Crippen LogP contribution in [0.5, 0.6) is 0 Å². The average Bonchev–Trinajstić information content (AvgIpc) is 3.20. The topological polar surface area (TPSA) is 49.6 Å². The predicted octanol–water partition coefficient (Wildman–Crippen LogP) is 3.09. The van der Waals surface area contributed by atoms with Crippen LogP contribution in [-0.4, -0.2) is 40.5 Å². The molecule has 1 aliphatic carbocycles. The Kier molecular flexibility index (Phi) is 4.34. The van der Waals surface area contributed by atoms with Crippen molar-refractivity contribution in [1.82, 2.24) is 15.0 Å². The third-order valence-electron chi connectivity index (χ3n) is 5.55. The molecule has 1 amide bonds. The van der Waals surface area contributed by atoms with Gasteiger partial charge in [-0.25, -0.2) is 0 Å². The van der Waals surface area contributed by atoms with E-state index >= 15 is 0 Å². The van der Waals surface area contributed by atoms with Gasteiger partial charge in [0.2, 0.25) is 5.91 Å². The molecule has 2 aromatic rings. The number of benzene rings is 1. The number of carbonyl (C=O) groups is 1. The fraction of sp³-hybridized carbons (Fsp3) is 0.500. The fourth-order valence-electron chi connectivity index (χ4n) is 4.32. The molecule has 0 N–H and O–H groups in total. The Balaban J connectivity index is 1.48. The smallest absolute Gasteiger partial charge is 0.240 e. The Labute approximate surface area is 148 Å². The number of likely N-dealkylation sites (N-methyl/N-ethyl adjacent to an activating group) is 1. The molecule has 1 aromatic carbocycles. The van der Waals surface area contributed by atoms with Crippen LogP contribution in [0.4, 0.5) is 0 Å². The summed E-state index contributed by atoms with van der Waals surface area (Å²) in [5, 5.41) is 4.05. The van der Waals surface area contributed by atoms with E-state index in [1.165, 1.54) is 11.1 Å². The maximum Gasteiger partial charge on any atom is 0.240 e. The first-order valence-corrected chi connectivity index (χ1v) is 9.14. The van der Waals surface area contributed by atoms with Gasteiger partial charge in [0.1, 0.15) is 5.76 Å². The molecule has 4 rings (SSSR count). The normalized spacial score (nSPS) is 23.3. The second-order valence-electron chi connectivity index (χ2n) is 7.29. The van der Waals surface area contributed by atoms with E-state index in [1.54, 1.807) is 0 Å². The Morgan fingerprint density at radius 3 is 2.96 bits per heavy atom. The van der Waals surface area contributed by atoms with Gasteiger partial charge in [-0.15, -0.1) is 0 Å². The van der Waals surface area contributed by atoms with E-state index in [0.717, 1.165) is 43.7 Å². The Hall–Kier alpha value is -2.14.